The maximum Gasteiger partial charge on any atom is 0.234 e. The lowest BCUT2D eigenvalue weighted by molar-refractivity contribution is -0.113. The molecule has 3 rings (SSSR count). The van der Waals surface area contributed by atoms with Crippen LogP contribution < -0.4 is 5.32 Å². The van der Waals surface area contributed by atoms with Crippen molar-refractivity contribution < 1.29 is 4.79 Å². The maximum atomic E-state index is 11.9. The molecule has 1 aliphatic carbocycles. The predicted molar refractivity (Wildman–Crippen MR) is 81.6 cm³/mol. The first-order valence-corrected chi connectivity index (χ1v) is 7.94. The number of rotatable bonds is 5. The summed E-state index contributed by atoms with van der Waals surface area (Å²) in [5, 5.41) is 12.1. The molecule has 110 valence electrons. The molecule has 0 bridgehead atoms. The van der Waals surface area contributed by atoms with Gasteiger partial charge in [0, 0.05) is 19.2 Å². The van der Waals surface area contributed by atoms with Crippen LogP contribution in [-0.4, -0.2) is 31.4 Å². The van der Waals surface area contributed by atoms with Crippen molar-refractivity contribution in [3.63, 3.8) is 0 Å². The fraction of sp³-hybridized carbons (Fsp3) is 0.385. The van der Waals surface area contributed by atoms with Gasteiger partial charge >= 0.3 is 0 Å². The van der Waals surface area contributed by atoms with Crippen LogP contribution in [0.3, 0.4) is 0 Å². The molecule has 1 aliphatic rings. The number of nitrogens with one attached hydrogen (secondary N) is 1. The first-order valence-electron chi connectivity index (χ1n) is 6.57. The molecule has 0 aliphatic heterocycles. The van der Waals surface area contributed by atoms with Gasteiger partial charge in [0.2, 0.25) is 5.91 Å². The first kappa shape index (κ1) is 14.3. The van der Waals surface area contributed by atoms with E-state index in [-0.39, 0.29) is 16.8 Å². The summed E-state index contributed by atoms with van der Waals surface area (Å²) in [6.45, 7) is 0. The van der Waals surface area contributed by atoms with Crippen LogP contribution in [0.5, 0.6) is 0 Å². The number of halogens is 1. The molecule has 0 atom stereocenters. The smallest absolute Gasteiger partial charge is 0.234 e. The summed E-state index contributed by atoms with van der Waals surface area (Å²) in [6.07, 6.45) is 3.93. The molecule has 1 saturated carbocycles. The number of aromatic nitrogens is 4. The Hall–Kier alpha value is -1.60. The van der Waals surface area contributed by atoms with Gasteiger partial charge in [0.25, 0.3) is 0 Å². The summed E-state index contributed by atoms with van der Waals surface area (Å²) in [6, 6.07) is 3.44. The molecule has 1 N–H and O–H groups in total. The van der Waals surface area contributed by atoms with Crippen molar-refractivity contribution >= 4 is 35.0 Å². The molecule has 21 heavy (non-hydrogen) atoms. The Kier molecular flexibility index (Phi) is 4.12. The zero-order chi connectivity index (χ0) is 14.8. The average molecular weight is 324 g/mol. The van der Waals surface area contributed by atoms with Crippen LogP contribution in [0.15, 0.2) is 23.5 Å². The average Bonchev–Trinajstić information content (AvgIpc) is 3.24. The molecule has 1 amide bonds. The van der Waals surface area contributed by atoms with Crippen LogP contribution in [0.1, 0.15) is 24.6 Å². The highest BCUT2D eigenvalue weighted by Crippen LogP contribution is 2.39. The second kappa shape index (κ2) is 6.03. The summed E-state index contributed by atoms with van der Waals surface area (Å²) in [5.41, 5.74) is 0.515. The molecule has 6 nitrogen and oxygen atoms in total. The fourth-order valence-corrected chi connectivity index (χ4v) is 2.83. The number of amides is 1. The molecule has 0 radical (unpaired) electrons. The van der Waals surface area contributed by atoms with Crippen molar-refractivity contribution in [1.82, 2.24) is 19.7 Å². The third-order valence-electron chi connectivity index (χ3n) is 3.18. The highest BCUT2D eigenvalue weighted by atomic mass is 35.5. The minimum Gasteiger partial charge on any atom is -0.323 e. The number of carbonyl (C=O) groups excluding carboxylic acids is 1. The Balaban J connectivity index is 1.57. The first-order chi connectivity index (χ1) is 10.1. The van der Waals surface area contributed by atoms with Gasteiger partial charge in [0.05, 0.1) is 11.4 Å². The molecule has 2 heterocycles. The second-order valence-corrected chi connectivity index (χ2v) is 6.15. The number of carbonyl (C=O) groups is 1. The van der Waals surface area contributed by atoms with Crippen LogP contribution in [0.4, 0.5) is 5.69 Å². The molecule has 0 aromatic carbocycles. The topological polar surface area (TPSA) is 72.7 Å². The fourth-order valence-electron chi connectivity index (χ4n) is 1.94. The van der Waals surface area contributed by atoms with Crippen LogP contribution in [-0.2, 0) is 11.8 Å². The van der Waals surface area contributed by atoms with Gasteiger partial charge in [0.1, 0.15) is 5.82 Å². The van der Waals surface area contributed by atoms with E-state index in [0.29, 0.717) is 11.6 Å². The van der Waals surface area contributed by atoms with E-state index >= 15 is 0 Å². The normalized spacial score (nSPS) is 14.2. The standard InChI is InChI=1S/C13H14ClN5OS/c1-19-12(8-4-5-8)17-18-13(19)21-7-10(20)16-9-3-2-6-15-11(9)14/h2-3,6,8H,4-5,7H2,1H3,(H,16,20). The van der Waals surface area contributed by atoms with Crippen LogP contribution in [0, 0.1) is 0 Å². The third kappa shape index (κ3) is 3.36. The molecule has 1 fully saturated rings. The second-order valence-electron chi connectivity index (χ2n) is 4.85. The van der Waals surface area contributed by atoms with Crippen LogP contribution >= 0.6 is 23.4 Å². The molecule has 0 saturated heterocycles. The lowest BCUT2D eigenvalue weighted by Crippen LogP contribution is -2.15. The Morgan fingerprint density at radius 3 is 3.05 bits per heavy atom. The quantitative estimate of drug-likeness (QED) is 0.676. The van der Waals surface area contributed by atoms with E-state index in [9.17, 15) is 4.79 Å². The summed E-state index contributed by atoms with van der Waals surface area (Å²) < 4.78 is 1.96. The van der Waals surface area contributed by atoms with Crippen LogP contribution in [0.25, 0.3) is 0 Å². The number of anilines is 1. The molecule has 2 aromatic heterocycles. The van der Waals surface area contributed by atoms with Crippen molar-refractivity contribution in [3.8, 4) is 0 Å². The number of hydrogen-bond acceptors (Lipinski definition) is 5. The Morgan fingerprint density at radius 2 is 2.33 bits per heavy atom. The van der Waals surface area contributed by atoms with Crippen molar-refractivity contribution in [2.24, 2.45) is 7.05 Å². The van der Waals surface area contributed by atoms with Crippen molar-refractivity contribution in [3.05, 3.63) is 29.3 Å². The van der Waals surface area contributed by atoms with E-state index in [1.54, 1.807) is 18.3 Å². The molecule has 8 heteroatoms. The third-order valence-corrected chi connectivity index (χ3v) is 4.50. The van der Waals surface area contributed by atoms with Gasteiger partial charge < -0.3 is 9.88 Å². The Labute approximate surface area is 131 Å². The predicted octanol–water partition coefficient (Wildman–Crippen LogP) is 2.47. The summed E-state index contributed by atoms with van der Waals surface area (Å²) in [4.78, 5) is 15.8. The zero-order valence-electron chi connectivity index (χ0n) is 11.4. The van der Waals surface area contributed by atoms with E-state index in [2.05, 4.69) is 20.5 Å². The summed E-state index contributed by atoms with van der Waals surface area (Å²) in [7, 11) is 1.94. The van der Waals surface area contributed by atoms with Gasteiger partial charge in [-0.25, -0.2) is 4.98 Å². The van der Waals surface area contributed by atoms with E-state index < -0.39 is 0 Å². The lowest BCUT2D eigenvalue weighted by Gasteiger charge is -2.06. The summed E-state index contributed by atoms with van der Waals surface area (Å²) >= 11 is 7.26. The molecular weight excluding hydrogens is 310 g/mol. The van der Waals surface area contributed by atoms with Gasteiger partial charge in [0.15, 0.2) is 10.3 Å². The Morgan fingerprint density at radius 1 is 1.52 bits per heavy atom. The molecule has 2 aromatic rings. The lowest BCUT2D eigenvalue weighted by atomic mass is 10.4. The highest BCUT2D eigenvalue weighted by molar-refractivity contribution is 7.99. The number of nitrogens with zero attached hydrogens (tertiary/aromatic N) is 4. The zero-order valence-corrected chi connectivity index (χ0v) is 13.0. The number of thioether (sulfide) groups is 1. The molecule has 0 spiro atoms. The van der Waals surface area contributed by atoms with Crippen molar-refractivity contribution in [1.29, 1.82) is 0 Å². The minimum atomic E-state index is -0.147. The van der Waals surface area contributed by atoms with E-state index in [4.69, 9.17) is 11.6 Å². The van der Waals surface area contributed by atoms with Gasteiger partial charge in [-0.1, -0.05) is 23.4 Å². The highest BCUT2D eigenvalue weighted by Gasteiger charge is 2.29. The van der Waals surface area contributed by atoms with E-state index in [1.807, 2.05) is 11.6 Å². The largest absolute Gasteiger partial charge is 0.323 e. The van der Waals surface area contributed by atoms with E-state index in [1.165, 1.54) is 24.6 Å². The molecular formula is C13H14ClN5OS. The monoisotopic (exact) mass is 323 g/mol. The van der Waals surface area contributed by atoms with Gasteiger partial charge in [-0.2, -0.15) is 0 Å². The number of pyridine rings is 1. The minimum absolute atomic E-state index is 0.147. The SMILES string of the molecule is Cn1c(SCC(=O)Nc2cccnc2Cl)nnc1C1CC1. The summed E-state index contributed by atoms with van der Waals surface area (Å²) in [5.74, 6) is 1.65. The van der Waals surface area contributed by atoms with Crippen molar-refractivity contribution in [2.45, 2.75) is 23.9 Å². The van der Waals surface area contributed by atoms with Gasteiger partial charge in [-0.15, -0.1) is 10.2 Å². The van der Waals surface area contributed by atoms with Crippen LogP contribution in [0.2, 0.25) is 5.15 Å². The van der Waals surface area contributed by atoms with Crippen molar-refractivity contribution in [2.75, 3.05) is 11.1 Å². The Bertz CT molecular complexity index is 670. The number of hydrogen-bond donors (Lipinski definition) is 1. The van der Waals surface area contributed by atoms with E-state index in [0.717, 1.165) is 11.0 Å². The van der Waals surface area contributed by atoms with Gasteiger partial charge in [-0.3, -0.25) is 4.79 Å². The maximum absolute atomic E-state index is 11.9. The van der Waals surface area contributed by atoms with Gasteiger partial charge in [-0.05, 0) is 25.0 Å². The molecule has 0 unspecified atom stereocenters.